The smallest absolute Gasteiger partial charge is 0.267 e. The number of nitrogens with zero attached hydrogens (tertiary/aromatic N) is 3. The molecule has 1 N–H and O–H groups in total. The average molecular weight is 360 g/mol. The van der Waals surface area contributed by atoms with Gasteiger partial charge in [0.2, 0.25) is 5.91 Å². The molecule has 1 aliphatic rings. The first kappa shape index (κ1) is 19.9. The van der Waals surface area contributed by atoms with E-state index in [1.54, 1.807) is 7.05 Å². The normalized spacial score (nSPS) is 14.4. The van der Waals surface area contributed by atoms with E-state index in [9.17, 15) is 9.59 Å². The number of amides is 2. The standard InChI is InChI=1S/C19H28N4O3/c1-4-23(5-2)12-13-26-17-9-7-6-8-15(17)14-20-19(25)16-10-11-18(24)22(3)21-16/h6-9H,4-5,10-14H2,1-3H3,(H,20,25). The Morgan fingerprint density at radius 2 is 2.00 bits per heavy atom. The molecule has 0 radical (unpaired) electrons. The minimum Gasteiger partial charge on any atom is -0.492 e. The van der Waals surface area contributed by atoms with Gasteiger partial charge in [-0.25, -0.2) is 5.01 Å². The highest BCUT2D eigenvalue weighted by molar-refractivity contribution is 6.39. The number of carbonyl (C=O) groups excluding carboxylic acids is 2. The van der Waals surface area contributed by atoms with Crippen LogP contribution in [-0.2, 0) is 16.1 Å². The maximum Gasteiger partial charge on any atom is 0.267 e. The first-order valence-corrected chi connectivity index (χ1v) is 9.10. The van der Waals surface area contributed by atoms with Crippen molar-refractivity contribution in [2.45, 2.75) is 33.2 Å². The van der Waals surface area contributed by atoms with Gasteiger partial charge in [0.25, 0.3) is 5.91 Å². The van der Waals surface area contributed by atoms with E-state index < -0.39 is 0 Å². The van der Waals surface area contributed by atoms with Gasteiger partial charge in [0, 0.05) is 38.5 Å². The molecule has 0 atom stereocenters. The molecule has 0 bridgehead atoms. The number of nitrogens with one attached hydrogen (secondary N) is 1. The Morgan fingerprint density at radius 1 is 1.27 bits per heavy atom. The van der Waals surface area contributed by atoms with Crippen LogP contribution in [0.5, 0.6) is 5.75 Å². The summed E-state index contributed by atoms with van der Waals surface area (Å²) in [5, 5.41) is 8.13. The Kier molecular flexibility index (Phi) is 7.59. The number of para-hydroxylation sites is 1. The van der Waals surface area contributed by atoms with Gasteiger partial charge in [-0.2, -0.15) is 5.10 Å². The number of hydrogen-bond acceptors (Lipinski definition) is 5. The molecule has 0 saturated heterocycles. The van der Waals surface area contributed by atoms with Gasteiger partial charge in [0.05, 0.1) is 0 Å². The van der Waals surface area contributed by atoms with Crippen molar-refractivity contribution in [2.75, 3.05) is 33.3 Å². The number of likely N-dealkylation sites (N-methyl/N-ethyl adjacent to an activating group) is 1. The third kappa shape index (κ3) is 5.56. The molecule has 0 unspecified atom stereocenters. The third-order valence-corrected chi connectivity index (χ3v) is 4.44. The molecular formula is C19H28N4O3. The minimum atomic E-state index is -0.248. The van der Waals surface area contributed by atoms with Crippen LogP contribution in [0.2, 0.25) is 0 Å². The van der Waals surface area contributed by atoms with Crippen LogP contribution in [0.4, 0.5) is 0 Å². The lowest BCUT2D eigenvalue weighted by Gasteiger charge is -2.20. The molecular weight excluding hydrogens is 332 g/mol. The highest BCUT2D eigenvalue weighted by Gasteiger charge is 2.21. The fourth-order valence-corrected chi connectivity index (χ4v) is 2.73. The van der Waals surface area contributed by atoms with Crippen LogP contribution >= 0.6 is 0 Å². The van der Waals surface area contributed by atoms with E-state index in [1.807, 2.05) is 24.3 Å². The molecule has 2 rings (SSSR count). The van der Waals surface area contributed by atoms with Crippen LogP contribution in [-0.4, -0.2) is 60.7 Å². The summed E-state index contributed by atoms with van der Waals surface area (Å²) in [7, 11) is 1.56. The fraction of sp³-hybridized carbons (Fsp3) is 0.526. The molecule has 7 heteroatoms. The van der Waals surface area contributed by atoms with E-state index in [0.717, 1.165) is 30.9 Å². The Balaban J connectivity index is 1.90. The van der Waals surface area contributed by atoms with Crippen LogP contribution in [0.3, 0.4) is 0 Å². The summed E-state index contributed by atoms with van der Waals surface area (Å²) in [5.74, 6) is 0.452. The van der Waals surface area contributed by atoms with Gasteiger partial charge in [-0.15, -0.1) is 0 Å². The van der Waals surface area contributed by atoms with Gasteiger partial charge in [-0.05, 0) is 19.2 Å². The largest absolute Gasteiger partial charge is 0.492 e. The monoisotopic (exact) mass is 360 g/mol. The lowest BCUT2D eigenvalue weighted by molar-refractivity contribution is -0.130. The van der Waals surface area contributed by atoms with Crippen LogP contribution in [0.15, 0.2) is 29.4 Å². The average Bonchev–Trinajstić information content (AvgIpc) is 2.66. The Labute approximate surface area is 155 Å². The number of benzene rings is 1. The molecule has 1 aromatic rings. The molecule has 0 saturated carbocycles. The summed E-state index contributed by atoms with van der Waals surface area (Å²) in [4.78, 5) is 26.0. The minimum absolute atomic E-state index is 0.0755. The molecule has 0 fully saturated rings. The molecule has 1 aromatic carbocycles. The Morgan fingerprint density at radius 3 is 2.69 bits per heavy atom. The second-order valence-electron chi connectivity index (χ2n) is 6.13. The van der Waals surface area contributed by atoms with E-state index >= 15 is 0 Å². The van der Waals surface area contributed by atoms with E-state index in [4.69, 9.17) is 4.74 Å². The predicted octanol–water partition coefficient (Wildman–Crippen LogP) is 1.63. The molecule has 1 aliphatic heterocycles. The lowest BCUT2D eigenvalue weighted by atomic mass is 10.1. The predicted molar refractivity (Wildman–Crippen MR) is 101 cm³/mol. The third-order valence-electron chi connectivity index (χ3n) is 4.44. The summed E-state index contributed by atoms with van der Waals surface area (Å²) in [6, 6.07) is 7.69. The molecule has 0 aliphatic carbocycles. The maximum atomic E-state index is 12.3. The quantitative estimate of drug-likeness (QED) is 0.726. The van der Waals surface area contributed by atoms with Gasteiger partial charge in [0.15, 0.2) is 0 Å². The molecule has 0 spiro atoms. The molecule has 7 nitrogen and oxygen atoms in total. The number of hydrazone groups is 1. The van der Waals surface area contributed by atoms with E-state index in [1.165, 1.54) is 5.01 Å². The van der Waals surface area contributed by atoms with Crippen LogP contribution in [0, 0.1) is 0 Å². The van der Waals surface area contributed by atoms with Crippen molar-refractivity contribution in [1.29, 1.82) is 0 Å². The van der Waals surface area contributed by atoms with Crippen molar-refractivity contribution in [3.8, 4) is 5.75 Å². The van der Waals surface area contributed by atoms with Gasteiger partial charge in [-0.3, -0.25) is 9.59 Å². The number of ether oxygens (including phenoxy) is 1. The Bertz CT molecular complexity index is 656. The van der Waals surface area contributed by atoms with Crippen LogP contribution in [0.1, 0.15) is 32.3 Å². The van der Waals surface area contributed by atoms with Crippen molar-refractivity contribution < 1.29 is 14.3 Å². The zero-order chi connectivity index (χ0) is 18.9. The molecule has 2 amide bonds. The van der Waals surface area contributed by atoms with Gasteiger partial charge >= 0.3 is 0 Å². The zero-order valence-electron chi connectivity index (χ0n) is 15.8. The van der Waals surface area contributed by atoms with E-state index in [-0.39, 0.29) is 11.8 Å². The van der Waals surface area contributed by atoms with Crippen molar-refractivity contribution in [1.82, 2.24) is 15.2 Å². The number of hydrogen-bond donors (Lipinski definition) is 1. The summed E-state index contributed by atoms with van der Waals surface area (Å²) < 4.78 is 5.90. The molecule has 142 valence electrons. The number of rotatable bonds is 9. The lowest BCUT2D eigenvalue weighted by Crippen LogP contribution is -2.37. The van der Waals surface area contributed by atoms with Crippen LogP contribution < -0.4 is 10.1 Å². The van der Waals surface area contributed by atoms with Crippen molar-refractivity contribution in [3.63, 3.8) is 0 Å². The molecule has 1 heterocycles. The fourth-order valence-electron chi connectivity index (χ4n) is 2.73. The molecule has 26 heavy (non-hydrogen) atoms. The van der Waals surface area contributed by atoms with Crippen molar-refractivity contribution in [2.24, 2.45) is 5.10 Å². The summed E-state index contributed by atoms with van der Waals surface area (Å²) >= 11 is 0. The van der Waals surface area contributed by atoms with Crippen LogP contribution in [0.25, 0.3) is 0 Å². The topological polar surface area (TPSA) is 74.2 Å². The van der Waals surface area contributed by atoms with Gasteiger partial charge in [0.1, 0.15) is 18.1 Å². The first-order chi connectivity index (χ1) is 12.5. The van der Waals surface area contributed by atoms with Gasteiger partial charge in [-0.1, -0.05) is 32.0 Å². The highest BCUT2D eigenvalue weighted by Crippen LogP contribution is 2.18. The summed E-state index contributed by atoms with van der Waals surface area (Å²) in [5.41, 5.74) is 1.30. The van der Waals surface area contributed by atoms with Crippen molar-refractivity contribution in [3.05, 3.63) is 29.8 Å². The SMILES string of the molecule is CCN(CC)CCOc1ccccc1CNC(=O)C1=NN(C)C(=O)CC1. The van der Waals surface area contributed by atoms with E-state index in [0.29, 0.717) is 31.7 Å². The summed E-state index contributed by atoms with van der Waals surface area (Å²) in [6.45, 7) is 8.08. The maximum absolute atomic E-state index is 12.3. The highest BCUT2D eigenvalue weighted by atomic mass is 16.5. The summed E-state index contributed by atoms with van der Waals surface area (Å²) in [6.07, 6.45) is 0.685. The molecule has 0 aromatic heterocycles. The second-order valence-corrected chi connectivity index (χ2v) is 6.13. The van der Waals surface area contributed by atoms with Crippen molar-refractivity contribution >= 4 is 17.5 Å². The second kappa shape index (κ2) is 9.91. The Hall–Kier alpha value is -2.41. The number of carbonyl (C=O) groups is 2. The first-order valence-electron chi connectivity index (χ1n) is 9.10. The van der Waals surface area contributed by atoms with E-state index in [2.05, 4.69) is 29.2 Å². The zero-order valence-corrected chi connectivity index (χ0v) is 15.8. The van der Waals surface area contributed by atoms with Gasteiger partial charge < -0.3 is 15.0 Å².